The molecule has 1 heterocycles. The van der Waals surface area contributed by atoms with Crippen molar-refractivity contribution >= 4 is 11.8 Å². The first kappa shape index (κ1) is 15.5. The van der Waals surface area contributed by atoms with E-state index >= 15 is 0 Å². The lowest BCUT2D eigenvalue weighted by Crippen LogP contribution is -2.47. The van der Waals surface area contributed by atoms with Gasteiger partial charge < -0.3 is 9.84 Å². The molecule has 5 heteroatoms. The van der Waals surface area contributed by atoms with Gasteiger partial charge in [-0.05, 0) is 23.1 Å². The highest BCUT2D eigenvalue weighted by atomic mass is 16.5. The molecule has 1 aliphatic rings. The number of benzene rings is 1. The monoisotopic (exact) mass is 291 g/mol. The number of hydrogen-bond acceptors (Lipinski definition) is 4. The van der Waals surface area contributed by atoms with Gasteiger partial charge in [-0.25, -0.2) is 0 Å². The van der Waals surface area contributed by atoms with Gasteiger partial charge in [-0.3, -0.25) is 14.5 Å². The Morgan fingerprint density at radius 3 is 2.48 bits per heavy atom. The normalized spacial score (nSPS) is 19.5. The Morgan fingerprint density at radius 2 is 1.90 bits per heavy atom. The predicted molar refractivity (Wildman–Crippen MR) is 77.7 cm³/mol. The number of carbonyl (C=O) groups excluding carboxylic acids is 2. The Hall–Kier alpha value is -1.88. The minimum atomic E-state index is -0.908. The number of nitrogens with zero attached hydrogens (tertiary/aromatic N) is 1. The van der Waals surface area contributed by atoms with Gasteiger partial charge in [0.25, 0.3) is 0 Å². The molecule has 1 aromatic rings. The van der Waals surface area contributed by atoms with Gasteiger partial charge in [-0.15, -0.1) is 0 Å². The van der Waals surface area contributed by atoms with E-state index in [1.165, 1.54) is 0 Å². The summed E-state index contributed by atoms with van der Waals surface area (Å²) < 4.78 is 5.11. The number of hydrogen-bond donors (Lipinski definition) is 1. The maximum atomic E-state index is 12.1. The van der Waals surface area contributed by atoms with Gasteiger partial charge in [0.2, 0.25) is 11.8 Å². The number of β-amino-alcohol motifs (C(OH)–C–C–N with tert-alkyl or cyclic N) is 1. The summed E-state index contributed by atoms with van der Waals surface area (Å²) in [4.78, 5) is 25.3. The zero-order valence-electron chi connectivity index (χ0n) is 12.6. The van der Waals surface area contributed by atoms with Crippen LogP contribution in [-0.4, -0.2) is 35.5 Å². The third-order valence-corrected chi connectivity index (χ3v) is 3.70. The molecule has 1 aromatic carbocycles. The number of ether oxygens (including phenoxy) is 1. The van der Waals surface area contributed by atoms with Gasteiger partial charge in [-0.1, -0.05) is 26.0 Å². The van der Waals surface area contributed by atoms with Crippen LogP contribution in [-0.2, 0) is 9.59 Å². The Labute approximate surface area is 124 Å². The summed E-state index contributed by atoms with van der Waals surface area (Å²) in [6.45, 7) is 3.79. The van der Waals surface area contributed by atoms with Crippen LogP contribution in [0.3, 0.4) is 0 Å². The number of aliphatic hydroxyl groups is 1. The average Bonchev–Trinajstić information content (AvgIpc) is 2.41. The Morgan fingerprint density at radius 1 is 1.29 bits per heavy atom. The van der Waals surface area contributed by atoms with Crippen LogP contribution in [0.1, 0.15) is 38.4 Å². The van der Waals surface area contributed by atoms with E-state index in [-0.39, 0.29) is 23.8 Å². The highest BCUT2D eigenvalue weighted by molar-refractivity contribution is 5.98. The van der Waals surface area contributed by atoms with Crippen LogP contribution in [0.4, 0.5) is 0 Å². The third kappa shape index (κ3) is 3.61. The minimum Gasteiger partial charge on any atom is -0.497 e. The number of methoxy groups -OCH3 is 1. The molecule has 1 N–H and O–H groups in total. The Balaban J connectivity index is 2.10. The number of carbonyl (C=O) groups is 2. The quantitative estimate of drug-likeness (QED) is 0.860. The minimum absolute atomic E-state index is 0.0130. The van der Waals surface area contributed by atoms with E-state index in [9.17, 15) is 14.7 Å². The molecule has 0 spiro atoms. The largest absolute Gasteiger partial charge is 0.497 e. The first-order valence-electron chi connectivity index (χ1n) is 6.97. The fourth-order valence-corrected chi connectivity index (χ4v) is 2.54. The van der Waals surface area contributed by atoms with Crippen LogP contribution in [0.5, 0.6) is 5.75 Å². The molecule has 2 rings (SSSR count). The van der Waals surface area contributed by atoms with Gasteiger partial charge in [0.15, 0.2) is 0 Å². The summed E-state index contributed by atoms with van der Waals surface area (Å²) in [7, 11) is 1.55. The number of amides is 2. The zero-order chi connectivity index (χ0) is 15.6. The van der Waals surface area contributed by atoms with Crippen LogP contribution < -0.4 is 4.74 Å². The molecular weight excluding hydrogens is 270 g/mol. The molecule has 0 bridgehead atoms. The molecule has 1 aliphatic heterocycles. The van der Waals surface area contributed by atoms with Crippen molar-refractivity contribution in [2.75, 3.05) is 13.7 Å². The van der Waals surface area contributed by atoms with Crippen LogP contribution in [0.2, 0.25) is 0 Å². The van der Waals surface area contributed by atoms with E-state index in [1.807, 2.05) is 13.8 Å². The summed E-state index contributed by atoms with van der Waals surface area (Å²) in [5, 5.41) is 10.3. The SMILES string of the molecule is COc1cccc(C(O)CN2C(=O)CC(C)(C)CC2=O)c1. The molecule has 114 valence electrons. The van der Waals surface area contributed by atoms with Crippen molar-refractivity contribution in [2.24, 2.45) is 5.41 Å². The van der Waals surface area contributed by atoms with Crippen molar-refractivity contribution in [3.05, 3.63) is 29.8 Å². The van der Waals surface area contributed by atoms with Crippen LogP contribution in [0.25, 0.3) is 0 Å². The fourth-order valence-electron chi connectivity index (χ4n) is 2.54. The van der Waals surface area contributed by atoms with Gasteiger partial charge in [0.1, 0.15) is 5.75 Å². The van der Waals surface area contributed by atoms with Crippen LogP contribution >= 0.6 is 0 Å². The molecule has 5 nitrogen and oxygen atoms in total. The Kier molecular flexibility index (Phi) is 4.32. The highest BCUT2D eigenvalue weighted by Gasteiger charge is 2.38. The molecule has 0 aromatic heterocycles. The molecule has 0 radical (unpaired) electrons. The number of imide groups is 1. The number of aliphatic hydroxyl groups excluding tert-OH is 1. The summed E-state index contributed by atoms with van der Waals surface area (Å²) in [5.74, 6) is 0.181. The maximum Gasteiger partial charge on any atom is 0.229 e. The van der Waals surface area contributed by atoms with E-state index in [0.717, 1.165) is 4.90 Å². The van der Waals surface area contributed by atoms with Crippen molar-refractivity contribution in [1.29, 1.82) is 0 Å². The summed E-state index contributed by atoms with van der Waals surface area (Å²) in [6.07, 6.45) is -0.262. The van der Waals surface area contributed by atoms with Crippen LogP contribution in [0.15, 0.2) is 24.3 Å². The van der Waals surface area contributed by atoms with E-state index in [1.54, 1.807) is 31.4 Å². The molecule has 1 saturated heterocycles. The Bertz CT molecular complexity index is 533. The van der Waals surface area contributed by atoms with Crippen molar-refractivity contribution in [3.63, 3.8) is 0 Å². The lowest BCUT2D eigenvalue weighted by Gasteiger charge is -2.35. The second-order valence-corrected chi connectivity index (χ2v) is 6.21. The summed E-state index contributed by atoms with van der Waals surface area (Å²) in [5.41, 5.74) is 0.325. The molecule has 0 aliphatic carbocycles. The van der Waals surface area contributed by atoms with E-state index < -0.39 is 6.10 Å². The predicted octanol–water partition coefficient (Wildman–Crippen LogP) is 1.90. The van der Waals surface area contributed by atoms with Gasteiger partial charge in [0, 0.05) is 12.8 Å². The number of rotatable bonds is 4. The summed E-state index contributed by atoms with van der Waals surface area (Å²) in [6, 6.07) is 6.99. The molecule has 0 saturated carbocycles. The van der Waals surface area contributed by atoms with Gasteiger partial charge in [0.05, 0.1) is 19.8 Å². The zero-order valence-corrected chi connectivity index (χ0v) is 12.6. The maximum absolute atomic E-state index is 12.1. The topological polar surface area (TPSA) is 66.8 Å². The van der Waals surface area contributed by atoms with E-state index in [0.29, 0.717) is 24.2 Å². The van der Waals surface area contributed by atoms with Crippen molar-refractivity contribution < 1.29 is 19.4 Å². The number of likely N-dealkylation sites (tertiary alicyclic amines) is 1. The van der Waals surface area contributed by atoms with Gasteiger partial charge >= 0.3 is 0 Å². The second-order valence-electron chi connectivity index (χ2n) is 6.21. The third-order valence-electron chi connectivity index (χ3n) is 3.70. The fraction of sp³-hybridized carbons (Fsp3) is 0.500. The smallest absolute Gasteiger partial charge is 0.229 e. The lowest BCUT2D eigenvalue weighted by molar-refractivity contribution is -0.154. The lowest BCUT2D eigenvalue weighted by atomic mass is 9.81. The summed E-state index contributed by atoms with van der Waals surface area (Å²) >= 11 is 0. The van der Waals surface area contributed by atoms with Gasteiger partial charge in [-0.2, -0.15) is 0 Å². The molecular formula is C16H21NO4. The first-order chi connectivity index (χ1) is 9.82. The molecule has 1 unspecified atom stereocenters. The molecule has 21 heavy (non-hydrogen) atoms. The number of piperidine rings is 1. The molecule has 2 amide bonds. The van der Waals surface area contributed by atoms with Crippen molar-refractivity contribution in [1.82, 2.24) is 4.90 Å². The molecule has 1 atom stereocenters. The highest BCUT2D eigenvalue weighted by Crippen LogP contribution is 2.32. The second kappa shape index (κ2) is 5.85. The standard InChI is InChI=1S/C16H21NO4/c1-16(2)8-14(19)17(15(20)9-16)10-13(18)11-5-4-6-12(7-11)21-3/h4-7,13,18H,8-10H2,1-3H3. The average molecular weight is 291 g/mol. The van der Waals surface area contributed by atoms with Crippen LogP contribution in [0, 0.1) is 5.41 Å². The molecule has 1 fully saturated rings. The van der Waals surface area contributed by atoms with Crippen molar-refractivity contribution in [2.45, 2.75) is 32.8 Å². The van der Waals surface area contributed by atoms with E-state index in [2.05, 4.69) is 0 Å². The van der Waals surface area contributed by atoms with Crippen molar-refractivity contribution in [3.8, 4) is 5.75 Å². The van der Waals surface area contributed by atoms with E-state index in [4.69, 9.17) is 4.74 Å². The first-order valence-corrected chi connectivity index (χ1v) is 6.97.